The fourth-order valence-electron chi connectivity index (χ4n) is 2.08. The second kappa shape index (κ2) is 19.0. The third-order valence-electron chi connectivity index (χ3n) is 3.40. The minimum absolute atomic E-state index is 0.599. The van der Waals surface area contributed by atoms with Crippen molar-refractivity contribution in [3.63, 3.8) is 0 Å². The summed E-state index contributed by atoms with van der Waals surface area (Å²) in [5.74, 6) is 0. The molecule has 0 aliphatic carbocycles. The van der Waals surface area contributed by atoms with Crippen molar-refractivity contribution in [1.82, 2.24) is 21.3 Å². The predicted molar refractivity (Wildman–Crippen MR) is 94.8 cm³/mol. The van der Waals surface area contributed by atoms with E-state index in [1.807, 2.05) is 0 Å². The van der Waals surface area contributed by atoms with Crippen LogP contribution in [-0.4, -0.2) is 105 Å². The zero-order chi connectivity index (χ0) is 17.0. The maximum atomic E-state index is 5.49. The maximum Gasteiger partial charge on any atom is 0.0701 e. The first-order valence-electron chi connectivity index (χ1n) is 9.14. The molecule has 144 valence electrons. The number of ether oxygens (including phenoxy) is 4. The standard InChI is InChI=1S/C16H36N4O4/c1-2-18-4-6-20-8-10-22-12-14-24-16-15-23-13-11-21-9-7-19-5-3-17-1/h17-20H,1-16H2. The van der Waals surface area contributed by atoms with E-state index in [0.29, 0.717) is 52.9 Å². The van der Waals surface area contributed by atoms with E-state index in [0.717, 1.165) is 52.4 Å². The molecule has 24 heavy (non-hydrogen) atoms. The summed E-state index contributed by atoms with van der Waals surface area (Å²) in [6.07, 6.45) is 0. The van der Waals surface area contributed by atoms with Gasteiger partial charge in [0.15, 0.2) is 0 Å². The molecule has 0 bridgehead atoms. The number of hydrogen-bond acceptors (Lipinski definition) is 8. The largest absolute Gasteiger partial charge is 0.378 e. The molecule has 8 nitrogen and oxygen atoms in total. The normalized spacial score (nSPS) is 24.0. The quantitative estimate of drug-likeness (QED) is 0.418. The molecule has 0 spiro atoms. The molecule has 4 N–H and O–H groups in total. The molecule has 0 radical (unpaired) electrons. The summed E-state index contributed by atoms with van der Waals surface area (Å²) < 4.78 is 21.8. The molecule has 0 aromatic carbocycles. The Labute approximate surface area is 146 Å². The molecule has 1 rings (SSSR count). The Balaban J connectivity index is 2.00. The fraction of sp³-hybridized carbons (Fsp3) is 1.00. The summed E-state index contributed by atoms with van der Waals surface area (Å²) in [6.45, 7) is 12.7. The van der Waals surface area contributed by atoms with Gasteiger partial charge in [-0.3, -0.25) is 0 Å². The zero-order valence-electron chi connectivity index (χ0n) is 14.9. The average Bonchev–Trinajstić information content (AvgIpc) is 2.59. The molecule has 1 aliphatic heterocycles. The lowest BCUT2D eigenvalue weighted by Gasteiger charge is -2.10. The van der Waals surface area contributed by atoms with Crippen molar-refractivity contribution in [2.75, 3.05) is 105 Å². The molecule has 0 amide bonds. The Morgan fingerprint density at radius 2 is 0.542 bits per heavy atom. The van der Waals surface area contributed by atoms with Gasteiger partial charge in [0.1, 0.15) is 0 Å². The number of nitrogens with one attached hydrogen (secondary N) is 4. The van der Waals surface area contributed by atoms with Crippen LogP contribution in [0.3, 0.4) is 0 Å². The lowest BCUT2D eigenvalue weighted by atomic mass is 10.5. The first kappa shape index (κ1) is 21.7. The first-order chi connectivity index (χ1) is 12.0. The predicted octanol–water partition coefficient (Wildman–Crippen LogP) is -1.58. The van der Waals surface area contributed by atoms with E-state index < -0.39 is 0 Å². The molecule has 1 saturated heterocycles. The van der Waals surface area contributed by atoms with E-state index in [1.165, 1.54) is 0 Å². The lowest BCUT2D eigenvalue weighted by molar-refractivity contribution is -0.00106. The Morgan fingerprint density at radius 1 is 0.292 bits per heavy atom. The molecule has 8 heteroatoms. The van der Waals surface area contributed by atoms with Gasteiger partial charge in [0, 0.05) is 52.4 Å². The van der Waals surface area contributed by atoms with Gasteiger partial charge in [-0.2, -0.15) is 0 Å². The van der Waals surface area contributed by atoms with Crippen LogP contribution < -0.4 is 21.3 Å². The molecule has 0 aromatic rings. The van der Waals surface area contributed by atoms with Crippen LogP contribution >= 0.6 is 0 Å². The van der Waals surface area contributed by atoms with Crippen molar-refractivity contribution in [2.24, 2.45) is 0 Å². The lowest BCUT2D eigenvalue weighted by Crippen LogP contribution is -2.36. The van der Waals surface area contributed by atoms with E-state index >= 15 is 0 Å². The minimum Gasteiger partial charge on any atom is -0.378 e. The van der Waals surface area contributed by atoms with Crippen LogP contribution in [0.4, 0.5) is 0 Å². The van der Waals surface area contributed by atoms with Crippen molar-refractivity contribution in [3.05, 3.63) is 0 Å². The summed E-state index contributed by atoms with van der Waals surface area (Å²) in [7, 11) is 0. The Morgan fingerprint density at radius 3 is 0.875 bits per heavy atom. The molecule has 0 unspecified atom stereocenters. The van der Waals surface area contributed by atoms with Crippen molar-refractivity contribution in [1.29, 1.82) is 0 Å². The molecular weight excluding hydrogens is 312 g/mol. The fourth-order valence-corrected chi connectivity index (χ4v) is 2.08. The highest BCUT2D eigenvalue weighted by atomic mass is 16.6. The van der Waals surface area contributed by atoms with Crippen LogP contribution in [0.15, 0.2) is 0 Å². The van der Waals surface area contributed by atoms with E-state index in [-0.39, 0.29) is 0 Å². The average molecular weight is 348 g/mol. The van der Waals surface area contributed by atoms with Crippen LogP contribution in [-0.2, 0) is 18.9 Å². The van der Waals surface area contributed by atoms with Gasteiger partial charge < -0.3 is 40.2 Å². The van der Waals surface area contributed by atoms with Crippen LogP contribution in [0.5, 0.6) is 0 Å². The van der Waals surface area contributed by atoms with Crippen molar-refractivity contribution in [3.8, 4) is 0 Å². The van der Waals surface area contributed by atoms with Crippen LogP contribution in [0.2, 0.25) is 0 Å². The Hall–Kier alpha value is -0.320. The van der Waals surface area contributed by atoms with Gasteiger partial charge >= 0.3 is 0 Å². The summed E-state index contributed by atoms with van der Waals surface area (Å²) in [4.78, 5) is 0. The molecular formula is C16H36N4O4. The van der Waals surface area contributed by atoms with Gasteiger partial charge in [-0.25, -0.2) is 0 Å². The highest BCUT2D eigenvalue weighted by molar-refractivity contribution is 4.56. The monoisotopic (exact) mass is 348 g/mol. The SMILES string of the molecule is C1CNCCNCCOCCOCCOCCOCCNCCN1. The zero-order valence-corrected chi connectivity index (χ0v) is 14.9. The van der Waals surface area contributed by atoms with Gasteiger partial charge in [-0.1, -0.05) is 0 Å². The van der Waals surface area contributed by atoms with Crippen molar-refractivity contribution < 1.29 is 18.9 Å². The van der Waals surface area contributed by atoms with Crippen molar-refractivity contribution in [2.45, 2.75) is 0 Å². The van der Waals surface area contributed by atoms with Gasteiger partial charge in [-0.05, 0) is 0 Å². The van der Waals surface area contributed by atoms with E-state index in [4.69, 9.17) is 18.9 Å². The van der Waals surface area contributed by atoms with Crippen LogP contribution in [0.1, 0.15) is 0 Å². The van der Waals surface area contributed by atoms with Crippen molar-refractivity contribution >= 4 is 0 Å². The van der Waals surface area contributed by atoms with Gasteiger partial charge in [0.25, 0.3) is 0 Å². The summed E-state index contributed by atoms with van der Waals surface area (Å²) in [5.41, 5.74) is 0. The summed E-state index contributed by atoms with van der Waals surface area (Å²) in [5, 5.41) is 13.5. The summed E-state index contributed by atoms with van der Waals surface area (Å²) in [6, 6.07) is 0. The van der Waals surface area contributed by atoms with Crippen LogP contribution in [0.25, 0.3) is 0 Å². The molecule has 1 aliphatic rings. The maximum absolute atomic E-state index is 5.49. The molecule has 0 saturated carbocycles. The highest BCUT2D eigenvalue weighted by Gasteiger charge is 1.94. The Kier molecular flexibility index (Phi) is 17.2. The number of rotatable bonds is 0. The number of hydrogen-bond donors (Lipinski definition) is 4. The third kappa shape index (κ3) is 16.5. The van der Waals surface area contributed by atoms with Gasteiger partial charge in [0.05, 0.1) is 52.9 Å². The minimum atomic E-state index is 0.599. The smallest absolute Gasteiger partial charge is 0.0701 e. The van der Waals surface area contributed by atoms with E-state index in [2.05, 4.69) is 21.3 Å². The van der Waals surface area contributed by atoms with E-state index in [1.54, 1.807) is 0 Å². The topological polar surface area (TPSA) is 85.0 Å². The third-order valence-corrected chi connectivity index (χ3v) is 3.40. The van der Waals surface area contributed by atoms with Crippen LogP contribution in [0, 0.1) is 0 Å². The Bertz CT molecular complexity index is 140. The first-order valence-corrected chi connectivity index (χ1v) is 9.14. The summed E-state index contributed by atoms with van der Waals surface area (Å²) >= 11 is 0. The highest BCUT2D eigenvalue weighted by Crippen LogP contribution is 1.82. The molecule has 1 fully saturated rings. The van der Waals surface area contributed by atoms with Gasteiger partial charge in [-0.15, -0.1) is 0 Å². The molecule has 0 aromatic heterocycles. The van der Waals surface area contributed by atoms with E-state index in [9.17, 15) is 0 Å². The molecule has 0 atom stereocenters. The second-order valence-electron chi connectivity index (χ2n) is 5.45. The van der Waals surface area contributed by atoms with Gasteiger partial charge in [0.2, 0.25) is 0 Å². The second-order valence-corrected chi connectivity index (χ2v) is 5.45. The molecule has 1 heterocycles.